The maximum absolute atomic E-state index is 12.1. The van der Waals surface area contributed by atoms with Gasteiger partial charge in [-0.25, -0.2) is 0 Å². The van der Waals surface area contributed by atoms with Crippen LogP contribution < -0.4 is 5.32 Å². The number of amides is 1. The number of benzene rings is 2. The van der Waals surface area contributed by atoms with E-state index in [1.165, 1.54) is 0 Å². The van der Waals surface area contributed by atoms with Crippen molar-refractivity contribution in [3.05, 3.63) is 69.2 Å². The zero-order valence-corrected chi connectivity index (χ0v) is 12.7. The van der Waals surface area contributed by atoms with Crippen LogP contribution in [0.3, 0.4) is 0 Å². The van der Waals surface area contributed by atoms with Crippen molar-refractivity contribution in [1.82, 2.24) is 5.32 Å². The van der Waals surface area contributed by atoms with Crippen LogP contribution in [0, 0.1) is 0 Å². The molecular weight excluding hydrogens is 326 g/mol. The molecule has 4 heteroatoms. The Hall–Kier alpha value is -1.32. The minimum Gasteiger partial charge on any atom is -0.346 e. The molecule has 0 radical (unpaired) electrons. The van der Waals surface area contributed by atoms with E-state index in [9.17, 15) is 4.79 Å². The molecule has 0 spiro atoms. The lowest BCUT2D eigenvalue weighted by atomic mass is 10.1. The molecule has 2 aromatic rings. The number of hydrogen-bond acceptors (Lipinski definition) is 1. The number of carbonyl (C=O) groups excluding carboxylic acids is 1. The van der Waals surface area contributed by atoms with Crippen molar-refractivity contribution in [2.45, 2.75) is 13.0 Å². The predicted octanol–water partition coefficient (Wildman–Crippen LogP) is 4.59. The van der Waals surface area contributed by atoms with Gasteiger partial charge in [-0.2, -0.15) is 0 Å². The molecule has 2 nitrogen and oxygen atoms in total. The highest BCUT2D eigenvalue weighted by atomic mass is 79.9. The molecule has 19 heavy (non-hydrogen) atoms. The fourth-order valence-electron chi connectivity index (χ4n) is 1.79. The predicted molar refractivity (Wildman–Crippen MR) is 81.5 cm³/mol. The molecule has 0 aliphatic heterocycles. The Labute approximate surface area is 125 Å². The highest BCUT2D eigenvalue weighted by molar-refractivity contribution is 9.10. The lowest BCUT2D eigenvalue weighted by Crippen LogP contribution is -2.26. The number of halogens is 2. The van der Waals surface area contributed by atoms with E-state index in [0.717, 1.165) is 10.0 Å². The van der Waals surface area contributed by atoms with Crippen LogP contribution in [0.5, 0.6) is 0 Å². The van der Waals surface area contributed by atoms with Gasteiger partial charge in [0.1, 0.15) is 0 Å². The number of rotatable bonds is 3. The highest BCUT2D eigenvalue weighted by Gasteiger charge is 2.12. The summed E-state index contributed by atoms with van der Waals surface area (Å²) >= 11 is 9.27. The molecule has 0 fully saturated rings. The molecule has 1 atom stereocenters. The second-order valence-electron chi connectivity index (χ2n) is 4.26. The summed E-state index contributed by atoms with van der Waals surface area (Å²) < 4.78 is 0.789. The van der Waals surface area contributed by atoms with Gasteiger partial charge in [0.15, 0.2) is 0 Å². The van der Waals surface area contributed by atoms with Crippen molar-refractivity contribution in [3.63, 3.8) is 0 Å². The van der Waals surface area contributed by atoms with E-state index >= 15 is 0 Å². The standard InChI is InChI=1S/C15H13BrClNO/c1-10(11-5-3-2-4-6-11)18-15(19)12-7-13(16)9-14(17)8-12/h2-10H,1H3,(H,18,19)/t10-/m1/s1. The van der Waals surface area contributed by atoms with Gasteiger partial charge in [0.05, 0.1) is 6.04 Å². The van der Waals surface area contributed by atoms with Crippen molar-refractivity contribution in [2.75, 3.05) is 0 Å². The summed E-state index contributed by atoms with van der Waals surface area (Å²) in [5.41, 5.74) is 1.61. The third-order valence-electron chi connectivity index (χ3n) is 2.77. The number of hydrogen-bond donors (Lipinski definition) is 1. The van der Waals surface area contributed by atoms with E-state index < -0.39 is 0 Å². The number of carbonyl (C=O) groups is 1. The average Bonchev–Trinajstić information content (AvgIpc) is 2.38. The minimum atomic E-state index is -0.139. The van der Waals surface area contributed by atoms with Gasteiger partial charge in [0, 0.05) is 15.1 Å². The molecule has 0 unspecified atom stereocenters. The van der Waals surface area contributed by atoms with Gasteiger partial charge in [-0.1, -0.05) is 57.9 Å². The molecule has 0 saturated carbocycles. The Morgan fingerprint density at radius 3 is 2.53 bits per heavy atom. The fraction of sp³-hybridized carbons (Fsp3) is 0.133. The van der Waals surface area contributed by atoms with Crippen molar-refractivity contribution in [2.24, 2.45) is 0 Å². The van der Waals surface area contributed by atoms with Crippen LogP contribution in [0.2, 0.25) is 5.02 Å². The lowest BCUT2D eigenvalue weighted by Gasteiger charge is -2.14. The van der Waals surface area contributed by atoms with Gasteiger partial charge < -0.3 is 5.32 Å². The summed E-state index contributed by atoms with van der Waals surface area (Å²) in [7, 11) is 0. The topological polar surface area (TPSA) is 29.1 Å². The minimum absolute atomic E-state index is 0.0496. The molecule has 0 bridgehead atoms. The lowest BCUT2D eigenvalue weighted by molar-refractivity contribution is 0.0940. The zero-order chi connectivity index (χ0) is 13.8. The maximum atomic E-state index is 12.1. The van der Waals surface area contributed by atoms with E-state index in [2.05, 4.69) is 21.2 Å². The van der Waals surface area contributed by atoms with Gasteiger partial charge in [-0.05, 0) is 30.7 Å². The van der Waals surface area contributed by atoms with E-state index in [-0.39, 0.29) is 11.9 Å². The first-order chi connectivity index (χ1) is 9.06. The molecule has 1 N–H and O–H groups in total. The summed E-state index contributed by atoms with van der Waals surface area (Å²) in [5, 5.41) is 3.48. The van der Waals surface area contributed by atoms with Crippen LogP contribution in [0.25, 0.3) is 0 Å². The molecule has 1 amide bonds. The Kier molecular flexibility index (Phi) is 4.61. The second kappa shape index (κ2) is 6.22. The van der Waals surface area contributed by atoms with E-state index in [0.29, 0.717) is 10.6 Å². The highest BCUT2D eigenvalue weighted by Crippen LogP contribution is 2.20. The Balaban J connectivity index is 2.13. The zero-order valence-electron chi connectivity index (χ0n) is 10.4. The second-order valence-corrected chi connectivity index (χ2v) is 5.62. The monoisotopic (exact) mass is 337 g/mol. The summed E-state index contributed by atoms with van der Waals surface area (Å²) in [4.78, 5) is 12.1. The van der Waals surface area contributed by atoms with Crippen LogP contribution in [-0.2, 0) is 0 Å². The van der Waals surface area contributed by atoms with Crippen LogP contribution in [0.1, 0.15) is 28.9 Å². The Morgan fingerprint density at radius 1 is 1.21 bits per heavy atom. The molecule has 0 heterocycles. The maximum Gasteiger partial charge on any atom is 0.251 e. The van der Waals surface area contributed by atoms with Gasteiger partial charge in [-0.3, -0.25) is 4.79 Å². The molecule has 0 aliphatic rings. The normalized spacial score (nSPS) is 11.9. The fourth-order valence-corrected chi connectivity index (χ4v) is 2.65. The summed E-state index contributed by atoms with van der Waals surface area (Å²) in [6, 6.07) is 14.9. The van der Waals surface area contributed by atoms with Gasteiger partial charge in [0.2, 0.25) is 0 Å². The molecular formula is C15H13BrClNO. The Bertz CT molecular complexity index is 566. The largest absolute Gasteiger partial charge is 0.346 e. The smallest absolute Gasteiger partial charge is 0.251 e. The van der Waals surface area contributed by atoms with Gasteiger partial charge in [-0.15, -0.1) is 0 Å². The molecule has 2 aromatic carbocycles. The van der Waals surface area contributed by atoms with Crippen molar-refractivity contribution >= 4 is 33.4 Å². The third-order valence-corrected chi connectivity index (χ3v) is 3.45. The van der Waals surface area contributed by atoms with Gasteiger partial charge in [0.25, 0.3) is 5.91 Å². The number of nitrogens with one attached hydrogen (secondary N) is 1. The van der Waals surface area contributed by atoms with E-state index in [4.69, 9.17) is 11.6 Å². The van der Waals surface area contributed by atoms with Crippen LogP contribution >= 0.6 is 27.5 Å². The first kappa shape index (κ1) is 14.1. The SMILES string of the molecule is C[C@@H](NC(=O)c1cc(Cl)cc(Br)c1)c1ccccc1. The summed E-state index contributed by atoms with van der Waals surface area (Å²) in [5.74, 6) is -0.139. The molecule has 98 valence electrons. The summed E-state index contributed by atoms with van der Waals surface area (Å²) in [6.45, 7) is 1.95. The quantitative estimate of drug-likeness (QED) is 0.871. The van der Waals surface area contributed by atoms with Crippen molar-refractivity contribution in [3.8, 4) is 0 Å². The van der Waals surface area contributed by atoms with E-state index in [1.807, 2.05) is 37.3 Å². The van der Waals surface area contributed by atoms with Crippen LogP contribution in [0.15, 0.2) is 53.0 Å². The van der Waals surface area contributed by atoms with Crippen LogP contribution in [0.4, 0.5) is 0 Å². The first-order valence-corrected chi connectivity index (χ1v) is 7.05. The third kappa shape index (κ3) is 3.82. The molecule has 0 aliphatic carbocycles. The van der Waals surface area contributed by atoms with Crippen molar-refractivity contribution in [1.29, 1.82) is 0 Å². The average molecular weight is 339 g/mol. The van der Waals surface area contributed by atoms with Crippen LogP contribution in [-0.4, -0.2) is 5.91 Å². The Morgan fingerprint density at radius 2 is 1.89 bits per heavy atom. The van der Waals surface area contributed by atoms with E-state index in [1.54, 1.807) is 18.2 Å². The first-order valence-electron chi connectivity index (χ1n) is 5.88. The summed E-state index contributed by atoms with van der Waals surface area (Å²) in [6.07, 6.45) is 0. The molecule has 0 aromatic heterocycles. The molecule has 0 saturated heterocycles. The van der Waals surface area contributed by atoms with Gasteiger partial charge >= 0.3 is 0 Å². The van der Waals surface area contributed by atoms with Crippen molar-refractivity contribution < 1.29 is 4.79 Å². The molecule has 2 rings (SSSR count).